The van der Waals surface area contributed by atoms with Crippen LogP contribution in [0.4, 0.5) is 0 Å². The standard InChI is InChI=1S/C14H14BrNOS/c1-9-11-8-10(15)4-5-13(11)18-14(9)12(17)6-7-16(2)3/h4-8H,1-3H3. The first-order chi connectivity index (χ1) is 8.49. The number of nitrogens with zero attached hydrogens (tertiary/aromatic N) is 1. The third kappa shape index (κ3) is 2.65. The molecule has 0 aliphatic carbocycles. The number of fused-ring (bicyclic) bond motifs is 1. The van der Waals surface area contributed by atoms with Crippen molar-refractivity contribution in [2.24, 2.45) is 0 Å². The second kappa shape index (κ2) is 5.24. The highest BCUT2D eigenvalue weighted by molar-refractivity contribution is 9.10. The van der Waals surface area contributed by atoms with Gasteiger partial charge in [-0.3, -0.25) is 4.79 Å². The molecule has 4 heteroatoms. The number of thiophene rings is 1. The van der Waals surface area contributed by atoms with Gasteiger partial charge in [0.15, 0.2) is 5.78 Å². The van der Waals surface area contributed by atoms with E-state index in [4.69, 9.17) is 0 Å². The largest absolute Gasteiger partial charge is 0.383 e. The van der Waals surface area contributed by atoms with E-state index in [1.807, 2.05) is 38.1 Å². The van der Waals surface area contributed by atoms with E-state index in [1.54, 1.807) is 23.6 Å². The molecule has 18 heavy (non-hydrogen) atoms. The number of benzene rings is 1. The van der Waals surface area contributed by atoms with Crippen LogP contribution in [0.3, 0.4) is 0 Å². The molecule has 2 nitrogen and oxygen atoms in total. The Balaban J connectivity index is 2.46. The number of ketones is 1. The molecule has 0 fully saturated rings. The fraction of sp³-hybridized carbons (Fsp3) is 0.214. The van der Waals surface area contributed by atoms with Crippen LogP contribution in [0.2, 0.25) is 0 Å². The first-order valence-corrected chi connectivity index (χ1v) is 7.17. The second-order valence-electron chi connectivity index (χ2n) is 4.34. The van der Waals surface area contributed by atoms with Gasteiger partial charge in [-0.2, -0.15) is 0 Å². The van der Waals surface area contributed by atoms with E-state index < -0.39 is 0 Å². The monoisotopic (exact) mass is 323 g/mol. The number of hydrogen-bond acceptors (Lipinski definition) is 3. The van der Waals surface area contributed by atoms with Crippen molar-refractivity contribution >= 4 is 43.1 Å². The quantitative estimate of drug-likeness (QED) is 0.622. The number of carbonyl (C=O) groups excluding carboxylic acids is 1. The summed E-state index contributed by atoms with van der Waals surface area (Å²) in [7, 11) is 3.80. The molecule has 0 atom stereocenters. The Morgan fingerprint density at radius 2 is 2.11 bits per heavy atom. The molecule has 0 saturated heterocycles. The Morgan fingerprint density at radius 1 is 1.39 bits per heavy atom. The summed E-state index contributed by atoms with van der Waals surface area (Å²) < 4.78 is 2.19. The molecule has 2 rings (SSSR count). The number of hydrogen-bond donors (Lipinski definition) is 0. The molecule has 94 valence electrons. The van der Waals surface area contributed by atoms with Gasteiger partial charge in [-0.15, -0.1) is 11.3 Å². The van der Waals surface area contributed by atoms with Gasteiger partial charge >= 0.3 is 0 Å². The van der Waals surface area contributed by atoms with Gasteiger partial charge < -0.3 is 4.90 Å². The van der Waals surface area contributed by atoms with Crippen LogP contribution in [0.5, 0.6) is 0 Å². The van der Waals surface area contributed by atoms with E-state index in [9.17, 15) is 4.79 Å². The van der Waals surface area contributed by atoms with Crippen LogP contribution in [0.1, 0.15) is 15.2 Å². The molecule has 1 aromatic heterocycles. The molecule has 0 radical (unpaired) electrons. The summed E-state index contributed by atoms with van der Waals surface area (Å²) >= 11 is 5.01. The van der Waals surface area contributed by atoms with Crippen molar-refractivity contribution in [3.63, 3.8) is 0 Å². The number of rotatable bonds is 3. The Hall–Kier alpha value is -1.13. The lowest BCUT2D eigenvalue weighted by Gasteiger charge is -2.02. The van der Waals surface area contributed by atoms with Crippen molar-refractivity contribution in [3.8, 4) is 0 Å². The van der Waals surface area contributed by atoms with Gasteiger partial charge in [0.1, 0.15) is 0 Å². The first-order valence-electron chi connectivity index (χ1n) is 5.56. The van der Waals surface area contributed by atoms with Crippen LogP contribution < -0.4 is 0 Å². The predicted octanol–water partition coefficient (Wildman–Crippen LogP) is 4.23. The second-order valence-corrected chi connectivity index (χ2v) is 6.31. The zero-order valence-corrected chi connectivity index (χ0v) is 12.9. The average Bonchev–Trinajstić information content (AvgIpc) is 2.64. The first kappa shape index (κ1) is 13.3. The summed E-state index contributed by atoms with van der Waals surface area (Å²) in [5.41, 5.74) is 1.06. The molecule has 0 spiro atoms. The van der Waals surface area contributed by atoms with E-state index in [2.05, 4.69) is 22.0 Å². The molecular formula is C14H14BrNOS. The fourth-order valence-corrected chi connectivity index (χ4v) is 3.19. The van der Waals surface area contributed by atoms with Crippen LogP contribution in [0.25, 0.3) is 10.1 Å². The van der Waals surface area contributed by atoms with Crippen LogP contribution in [-0.4, -0.2) is 24.8 Å². The molecule has 0 saturated carbocycles. The number of halogens is 1. The lowest BCUT2D eigenvalue weighted by atomic mass is 10.1. The van der Waals surface area contributed by atoms with E-state index >= 15 is 0 Å². The van der Waals surface area contributed by atoms with Crippen molar-refractivity contribution in [1.82, 2.24) is 4.90 Å². The molecule has 0 aliphatic rings. The zero-order valence-electron chi connectivity index (χ0n) is 10.5. The smallest absolute Gasteiger partial charge is 0.197 e. The average molecular weight is 324 g/mol. The van der Waals surface area contributed by atoms with Gasteiger partial charge in [-0.05, 0) is 36.1 Å². The minimum absolute atomic E-state index is 0.0681. The predicted molar refractivity (Wildman–Crippen MR) is 81.4 cm³/mol. The maximum absolute atomic E-state index is 12.1. The summed E-state index contributed by atoms with van der Waals surface area (Å²) in [5.74, 6) is 0.0681. The zero-order chi connectivity index (χ0) is 13.3. The molecule has 0 amide bonds. The van der Waals surface area contributed by atoms with Crippen molar-refractivity contribution in [2.45, 2.75) is 6.92 Å². The summed E-state index contributed by atoms with van der Waals surface area (Å²) in [6, 6.07) is 6.11. The van der Waals surface area contributed by atoms with E-state index in [0.29, 0.717) is 0 Å². The molecule has 0 bridgehead atoms. The number of carbonyl (C=O) groups is 1. The summed E-state index contributed by atoms with van der Waals surface area (Å²) in [4.78, 5) is 14.8. The Bertz CT molecular complexity index is 628. The SMILES string of the molecule is Cc1c(C(=O)C=CN(C)C)sc2ccc(Br)cc12. The van der Waals surface area contributed by atoms with Crippen LogP contribution >= 0.6 is 27.3 Å². The van der Waals surface area contributed by atoms with E-state index in [-0.39, 0.29) is 5.78 Å². The van der Waals surface area contributed by atoms with Crippen LogP contribution in [0.15, 0.2) is 34.9 Å². The van der Waals surface area contributed by atoms with Crippen molar-refractivity contribution in [3.05, 3.63) is 45.4 Å². The summed E-state index contributed by atoms with van der Waals surface area (Å²) in [6.45, 7) is 2.00. The highest BCUT2D eigenvalue weighted by atomic mass is 79.9. The molecule has 0 N–H and O–H groups in total. The Kier molecular flexibility index (Phi) is 3.88. The number of aryl methyl sites for hydroxylation is 1. The lowest BCUT2D eigenvalue weighted by Crippen LogP contribution is -2.02. The van der Waals surface area contributed by atoms with Gasteiger partial charge in [-0.25, -0.2) is 0 Å². The van der Waals surface area contributed by atoms with Crippen molar-refractivity contribution < 1.29 is 4.79 Å². The van der Waals surface area contributed by atoms with E-state index in [0.717, 1.165) is 25.0 Å². The minimum Gasteiger partial charge on any atom is -0.383 e. The normalized spacial score (nSPS) is 11.3. The van der Waals surface area contributed by atoms with E-state index in [1.165, 1.54) is 0 Å². The highest BCUT2D eigenvalue weighted by Gasteiger charge is 2.13. The molecular weight excluding hydrogens is 310 g/mol. The summed E-state index contributed by atoms with van der Waals surface area (Å²) in [6.07, 6.45) is 3.40. The van der Waals surface area contributed by atoms with Gasteiger partial charge in [0.2, 0.25) is 0 Å². The topological polar surface area (TPSA) is 20.3 Å². The van der Waals surface area contributed by atoms with Crippen LogP contribution in [0, 0.1) is 6.92 Å². The minimum atomic E-state index is 0.0681. The number of allylic oxidation sites excluding steroid dienone is 1. The van der Waals surface area contributed by atoms with Gasteiger partial charge in [0, 0.05) is 35.5 Å². The van der Waals surface area contributed by atoms with Gasteiger partial charge in [0.25, 0.3) is 0 Å². The molecule has 1 aromatic carbocycles. The molecule has 2 aromatic rings. The lowest BCUT2D eigenvalue weighted by molar-refractivity contribution is 0.104. The third-order valence-corrected chi connectivity index (χ3v) is 4.43. The Morgan fingerprint density at radius 3 is 2.78 bits per heavy atom. The van der Waals surface area contributed by atoms with Crippen molar-refractivity contribution in [2.75, 3.05) is 14.1 Å². The summed E-state index contributed by atoms with van der Waals surface area (Å²) in [5, 5.41) is 1.15. The third-order valence-electron chi connectivity index (χ3n) is 2.65. The van der Waals surface area contributed by atoms with Crippen LogP contribution in [-0.2, 0) is 0 Å². The fourth-order valence-electron chi connectivity index (χ4n) is 1.72. The Labute approximate surface area is 119 Å². The maximum Gasteiger partial charge on any atom is 0.197 e. The molecule has 1 heterocycles. The molecule has 0 aliphatic heterocycles. The van der Waals surface area contributed by atoms with Gasteiger partial charge in [0.05, 0.1) is 4.88 Å². The maximum atomic E-state index is 12.1. The highest BCUT2D eigenvalue weighted by Crippen LogP contribution is 2.33. The van der Waals surface area contributed by atoms with Crippen molar-refractivity contribution in [1.29, 1.82) is 0 Å². The van der Waals surface area contributed by atoms with Gasteiger partial charge in [-0.1, -0.05) is 15.9 Å². The molecule has 0 unspecified atom stereocenters.